The van der Waals surface area contributed by atoms with Gasteiger partial charge in [0.05, 0.1) is 12.4 Å². The van der Waals surface area contributed by atoms with Crippen LogP contribution in [0, 0.1) is 0 Å². The van der Waals surface area contributed by atoms with Crippen LogP contribution in [-0.4, -0.2) is 41.9 Å². The highest BCUT2D eigenvalue weighted by molar-refractivity contribution is 8.00. The van der Waals surface area contributed by atoms with E-state index >= 15 is 0 Å². The lowest BCUT2D eigenvalue weighted by Gasteiger charge is -2.04. The van der Waals surface area contributed by atoms with Crippen LogP contribution in [0.1, 0.15) is 29.4 Å². The third-order valence-electron chi connectivity index (χ3n) is 2.34. The first kappa shape index (κ1) is 17.5. The Morgan fingerprint density at radius 1 is 1.43 bits per heavy atom. The first-order valence-corrected chi connectivity index (χ1v) is 8.26. The minimum atomic E-state index is -0.963. The lowest BCUT2D eigenvalue weighted by atomic mass is 10.3. The average Bonchev–Trinajstić information content (AvgIpc) is 2.91. The predicted molar refractivity (Wildman–Crippen MR) is 80.9 cm³/mol. The molecule has 0 saturated heterocycles. The maximum Gasteiger partial charge on any atom is 0.345 e. The summed E-state index contributed by atoms with van der Waals surface area (Å²) in [7, 11) is 0. The largest absolute Gasteiger partial charge is 0.477 e. The molecule has 1 amide bonds. The average molecular weight is 331 g/mol. The van der Waals surface area contributed by atoms with Gasteiger partial charge < -0.3 is 15.2 Å². The second-order valence-corrected chi connectivity index (χ2v) is 5.96. The number of rotatable bonds is 9. The minimum absolute atomic E-state index is 0.146. The Morgan fingerprint density at radius 2 is 2.19 bits per heavy atom. The molecule has 0 atom stereocenters. The van der Waals surface area contributed by atoms with Crippen molar-refractivity contribution in [2.45, 2.75) is 24.7 Å². The van der Waals surface area contributed by atoms with E-state index in [1.807, 2.05) is 0 Å². The summed E-state index contributed by atoms with van der Waals surface area (Å²) < 4.78 is 4.77. The molecule has 0 spiro atoms. The van der Waals surface area contributed by atoms with E-state index in [9.17, 15) is 14.4 Å². The molecule has 1 aromatic heterocycles. The molecule has 0 aliphatic carbocycles. The standard InChI is InChI=1S/C13H17NO5S2/c1-2-19-12(16)4-3-5-14-11(15)8-20-9-6-10(13(17)18)21-7-9/h6-7H,2-5,8H2,1H3,(H,14,15)(H,17,18). The number of esters is 1. The molecule has 8 heteroatoms. The number of aromatic carboxylic acids is 1. The Morgan fingerprint density at radius 3 is 2.81 bits per heavy atom. The molecule has 2 N–H and O–H groups in total. The summed E-state index contributed by atoms with van der Waals surface area (Å²) in [5, 5.41) is 13.2. The minimum Gasteiger partial charge on any atom is -0.477 e. The summed E-state index contributed by atoms with van der Waals surface area (Å²) in [4.78, 5) is 34.4. The Bertz CT molecular complexity index is 501. The van der Waals surface area contributed by atoms with Gasteiger partial charge in [-0.1, -0.05) is 0 Å². The number of amides is 1. The number of thiophene rings is 1. The number of carboxylic acids is 1. The molecule has 0 aliphatic heterocycles. The van der Waals surface area contributed by atoms with Gasteiger partial charge in [0.15, 0.2) is 0 Å². The zero-order chi connectivity index (χ0) is 15.7. The Balaban J connectivity index is 2.16. The highest BCUT2D eigenvalue weighted by Crippen LogP contribution is 2.24. The second kappa shape index (κ2) is 9.41. The first-order chi connectivity index (χ1) is 10.0. The number of carboxylic acid groups (broad SMARTS) is 1. The van der Waals surface area contributed by atoms with E-state index in [0.29, 0.717) is 19.6 Å². The molecule has 21 heavy (non-hydrogen) atoms. The molecule has 1 rings (SSSR count). The third-order valence-corrected chi connectivity index (χ3v) is 4.38. The van der Waals surface area contributed by atoms with Crippen LogP contribution in [0.15, 0.2) is 16.3 Å². The van der Waals surface area contributed by atoms with E-state index in [0.717, 1.165) is 16.2 Å². The maximum atomic E-state index is 11.6. The van der Waals surface area contributed by atoms with Gasteiger partial charge in [0.2, 0.25) is 5.91 Å². The maximum absolute atomic E-state index is 11.6. The molecule has 0 unspecified atom stereocenters. The van der Waals surface area contributed by atoms with Crippen molar-refractivity contribution in [2.24, 2.45) is 0 Å². The number of ether oxygens (including phenoxy) is 1. The quantitative estimate of drug-likeness (QED) is 0.408. The van der Waals surface area contributed by atoms with Crippen molar-refractivity contribution in [1.29, 1.82) is 0 Å². The lowest BCUT2D eigenvalue weighted by molar-refractivity contribution is -0.143. The van der Waals surface area contributed by atoms with Crippen LogP contribution in [0.3, 0.4) is 0 Å². The van der Waals surface area contributed by atoms with E-state index in [-0.39, 0.29) is 28.9 Å². The Labute approximate surface area is 130 Å². The van der Waals surface area contributed by atoms with Crippen LogP contribution in [0.5, 0.6) is 0 Å². The molecule has 0 saturated carbocycles. The fraction of sp³-hybridized carbons (Fsp3) is 0.462. The van der Waals surface area contributed by atoms with E-state index in [4.69, 9.17) is 9.84 Å². The molecule has 116 valence electrons. The molecule has 1 heterocycles. The van der Waals surface area contributed by atoms with Gasteiger partial charge in [-0.05, 0) is 19.4 Å². The summed E-state index contributed by atoms with van der Waals surface area (Å²) >= 11 is 2.42. The van der Waals surface area contributed by atoms with E-state index in [1.54, 1.807) is 18.4 Å². The number of carbonyl (C=O) groups is 3. The molecular weight excluding hydrogens is 314 g/mol. The normalized spacial score (nSPS) is 10.1. The zero-order valence-electron chi connectivity index (χ0n) is 11.6. The molecule has 0 bridgehead atoms. The zero-order valence-corrected chi connectivity index (χ0v) is 13.2. The van der Waals surface area contributed by atoms with Crippen molar-refractivity contribution in [2.75, 3.05) is 18.9 Å². The van der Waals surface area contributed by atoms with Crippen molar-refractivity contribution in [3.05, 3.63) is 16.3 Å². The molecule has 0 radical (unpaired) electrons. The second-order valence-electron chi connectivity index (χ2n) is 4.00. The monoisotopic (exact) mass is 331 g/mol. The smallest absolute Gasteiger partial charge is 0.345 e. The summed E-state index contributed by atoms with van der Waals surface area (Å²) in [6, 6.07) is 1.55. The van der Waals surface area contributed by atoms with Crippen molar-refractivity contribution >= 4 is 40.9 Å². The van der Waals surface area contributed by atoms with E-state index in [1.165, 1.54) is 11.8 Å². The Hall–Kier alpha value is -1.54. The van der Waals surface area contributed by atoms with Crippen LogP contribution in [0.2, 0.25) is 0 Å². The summed E-state index contributed by atoms with van der Waals surface area (Å²) in [5.74, 6) is -1.15. The van der Waals surface area contributed by atoms with Crippen LogP contribution in [0.25, 0.3) is 0 Å². The molecule has 1 aromatic rings. The van der Waals surface area contributed by atoms with Gasteiger partial charge in [-0.3, -0.25) is 9.59 Å². The first-order valence-electron chi connectivity index (χ1n) is 6.40. The number of carbonyl (C=O) groups excluding carboxylic acids is 2. The molecule has 0 aliphatic rings. The number of hydrogen-bond donors (Lipinski definition) is 2. The molecule has 6 nitrogen and oxygen atoms in total. The lowest BCUT2D eigenvalue weighted by Crippen LogP contribution is -2.26. The Kier molecular flexibility index (Phi) is 7.84. The van der Waals surface area contributed by atoms with Crippen molar-refractivity contribution in [1.82, 2.24) is 5.32 Å². The molecular formula is C13H17NO5S2. The van der Waals surface area contributed by atoms with Gasteiger partial charge in [-0.25, -0.2) is 4.79 Å². The van der Waals surface area contributed by atoms with Crippen LogP contribution < -0.4 is 5.32 Å². The van der Waals surface area contributed by atoms with Gasteiger partial charge in [0.25, 0.3) is 0 Å². The van der Waals surface area contributed by atoms with Gasteiger partial charge in [0.1, 0.15) is 4.88 Å². The van der Waals surface area contributed by atoms with E-state index < -0.39 is 5.97 Å². The van der Waals surface area contributed by atoms with Crippen LogP contribution in [-0.2, 0) is 14.3 Å². The van der Waals surface area contributed by atoms with Gasteiger partial charge >= 0.3 is 11.9 Å². The summed E-state index contributed by atoms with van der Waals surface area (Å²) in [5.41, 5.74) is 0. The highest BCUT2D eigenvalue weighted by atomic mass is 32.2. The summed E-state index contributed by atoms with van der Waals surface area (Å²) in [6.45, 7) is 2.53. The van der Waals surface area contributed by atoms with Crippen LogP contribution >= 0.6 is 23.1 Å². The summed E-state index contributed by atoms with van der Waals surface area (Å²) in [6.07, 6.45) is 0.824. The van der Waals surface area contributed by atoms with Crippen LogP contribution in [0.4, 0.5) is 0 Å². The SMILES string of the molecule is CCOC(=O)CCCNC(=O)CSc1csc(C(=O)O)c1. The number of hydrogen-bond acceptors (Lipinski definition) is 6. The van der Waals surface area contributed by atoms with Crippen molar-refractivity contribution in [3.8, 4) is 0 Å². The highest BCUT2D eigenvalue weighted by Gasteiger charge is 2.09. The topological polar surface area (TPSA) is 92.7 Å². The van der Waals surface area contributed by atoms with Crippen molar-refractivity contribution < 1.29 is 24.2 Å². The predicted octanol–water partition coefficient (Wildman–Crippen LogP) is 2.00. The molecule has 0 fully saturated rings. The fourth-order valence-corrected chi connectivity index (χ4v) is 3.10. The number of thioether (sulfide) groups is 1. The van der Waals surface area contributed by atoms with E-state index in [2.05, 4.69) is 5.32 Å². The van der Waals surface area contributed by atoms with Gasteiger partial charge in [-0.2, -0.15) is 0 Å². The molecule has 0 aromatic carbocycles. The van der Waals surface area contributed by atoms with Gasteiger partial charge in [-0.15, -0.1) is 23.1 Å². The number of nitrogens with one attached hydrogen (secondary N) is 1. The van der Waals surface area contributed by atoms with Gasteiger partial charge in [0, 0.05) is 23.2 Å². The third kappa shape index (κ3) is 7.14. The fourth-order valence-electron chi connectivity index (χ4n) is 1.40. The van der Waals surface area contributed by atoms with Crippen molar-refractivity contribution in [3.63, 3.8) is 0 Å².